The Hall–Kier alpha value is -3.03. The van der Waals surface area contributed by atoms with E-state index in [-0.39, 0.29) is 5.56 Å². The largest absolute Gasteiger partial charge is 0.341 e. The number of hydrogen-bond acceptors (Lipinski definition) is 3. The van der Waals surface area contributed by atoms with Crippen LogP contribution in [0.5, 0.6) is 0 Å². The van der Waals surface area contributed by atoms with E-state index in [1.54, 1.807) is 0 Å². The van der Waals surface area contributed by atoms with Gasteiger partial charge in [-0.15, -0.1) is 0 Å². The maximum absolute atomic E-state index is 14.0. The third-order valence-corrected chi connectivity index (χ3v) is 5.72. The number of halogens is 1. The highest BCUT2D eigenvalue weighted by atomic mass is 32.2. The quantitative estimate of drug-likeness (QED) is 0.669. The van der Waals surface area contributed by atoms with Gasteiger partial charge in [0.25, 0.3) is 5.91 Å². The highest BCUT2D eigenvalue weighted by molar-refractivity contribution is 7.89. The monoisotopic (exact) mass is 398 g/mol. The van der Waals surface area contributed by atoms with Crippen LogP contribution >= 0.6 is 0 Å². The highest BCUT2D eigenvalue weighted by Gasteiger charge is 2.22. The van der Waals surface area contributed by atoms with Crippen LogP contribution in [0.4, 0.5) is 4.39 Å². The zero-order valence-corrected chi connectivity index (χ0v) is 15.9. The number of sulfonamides is 1. The first kappa shape index (κ1) is 19.7. The second kappa shape index (κ2) is 8.33. The van der Waals surface area contributed by atoms with E-state index >= 15 is 0 Å². The van der Waals surface area contributed by atoms with Gasteiger partial charge in [-0.2, -0.15) is 0 Å². The number of rotatable bonds is 6. The molecule has 0 unspecified atom stereocenters. The summed E-state index contributed by atoms with van der Waals surface area (Å²) in [6, 6.07) is 21.6. The average molecular weight is 398 g/mol. The molecule has 0 saturated heterocycles. The van der Waals surface area contributed by atoms with E-state index in [2.05, 4.69) is 10.0 Å². The Labute approximate surface area is 163 Å². The number of carbonyl (C=O) groups excluding carboxylic acids is 1. The molecule has 0 bridgehead atoms. The minimum atomic E-state index is -4.02. The molecule has 3 aromatic carbocycles. The van der Waals surface area contributed by atoms with Gasteiger partial charge in [0.05, 0.1) is 6.04 Å². The van der Waals surface area contributed by atoms with Gasteiger partial charge in [-0.1, -0.05) is 60.7 Å². The van der Waals surface area contributed by atoms with Crippen molar-refractivity contribution < 1.29 is 17.6 Å². The molecule has 144 valence electrons. The minimum absolute atomic E-state index is 0.0482. The molecule has 28 heavy (non-hydrogen) atoms. The summed E-state index contributed by atoms with van der Waals surface area (Å²) < 4.78 is 40.0. The van der Waals surface area contributed by atoms with Gasteiger partial charge in [-0.05, 0) is 36.4 Å². The van der Waals surface area contributed by atoms with Crippen molar-refractivity contribution in [2.75, 3.05) is 7.05 Å². The van der Waals surface area contributed by atoms with Crippen LogP contribution in [0.1, 0.15) is 27.5 Å². The molecule has 1 amide bonds. The Morgan fingerprint density at radius 2 is 1.43 bits per heavy atom. The average Bonchev–Trinajstić information content (AvgIpc) is 2.73. The first-order valence-corrected chi connectivity index (χ1v) is 10.0. The van der Waals surface area contributed by atoms with Gasteiger partial charge in [0.1, 0.15) is 10.7 Å². The third-order valence-electron chi connectivity index (χ3n) is 4.29. The molecule has 2 N–H and O–H groups in total. The van der Waals surface area contributed by atoms with Crippen LogP contribution in [-0.2, 0) is 10.0 Å². The maximum atomic E-state index is 14.0. The van der Waals surface area contributed by atoms with Gasteiger partial charge < -0.3 is 5.32 Å². The topological polar surface area (TPSA) is 75.3 Å². The molecular weight excluding hydrogens is 379 g/mol. The second-order valence-electron chi connectivity index (χ2n) is 6.08. The fourth-order valence-corrected chi connectivity index (χ4v) is 3.65. The van der Waals surface area contributed by atoms with Gasteiger partial charge in [0.15, 0.2) is 0 Å². The van der Waals surface area contributed by atoms with Crippen molar-refractivity contribution in [1.29, 1.82) is 0 Å². The SMILES string of the molecule is CNS(=O)(=O)c1cc(C(=O)NC(c2ccccc2)c2ccccc2)ccc1F. The van der Waals surface area contributed by atoms with Crippen LogP contribution in [0.3, 0.4) is 0 Å². The Kier molecular flexibility index (Phi) is 5.87. The molecule has 0 atom stereocenters. The molecule has 0 heterocycles. The molecule has 0 saturated carbocycles. The van der Waals surface area contributed by atoms with E-state index < -0.39 is 32.7 Å². The molecule has 7 heteroatoms. The summed E-state index contributed by atoms with van der Waals surface area (Å²) in [6.45, 7) is 0. The molecular formula is C21H19FN2O3S. The van der Waals surface area contributed by atoms with Crippen molar-refractivity contribution in [2.45, 2.75) is 10.9 Å². The van der Waals surface area contributed by atoms with Crippen LogP contribution < -0.4 is 10.0 Å². The summed E-state index contributed by atoms with van der Waals surface area (Å²) in [5.74, 6) is -1.43. The van der Waals surface area contributed by atoms with Crippen molar-refractivity contribution in [2.24, 2.45) is 0 Å². The summed E-state index contributed by atoms with van der Waals surface area (Å²) >= 11 is 0. The van der Waals surface area contributed by atoms with Gasteiger partial charge >= 0.3 is 0 Å². The number of carbonyl (C=O) groups is 1. The molecule has 0 spiro atoms. The number of benzene rings is 3. The van der Waals surface area contributed by atoms with E-state index in [1.165, 1.54) is 13.1 Å². The fraction of sp³-hybridized carbons (Fsp3) is 0.0952. The van der Waals surface area contributed by atoms with Crippen LogP contribution in [0.15, 0.2) is 83.8 Å². The summed E-state index contributed by atoms with van der Waals surface area (Å²) in [5, 5.41) is 2.91. The first-order chi connectivity index (χ1) is 13.4. The van der Waals surface area contributed by atoms with Gasteiger partial charge in [0.2, 0.25) is 10.0 Å². The van der Waals surface area contributed by atoms with E-state index in [0.29, 0.717) is 0 Å². The zero-order chi connectivity index (χ0) is 20.1. The number of nitrogens with one attached hydrogen (secondary N) is 2. The molecule has 0 fully saturated rings. The van der Waals surface area contributed by atoms with Gasteiger partial charge in [0, 0.05) is 5.56 Å². The van der Waals surface area contributed by atoms with Crippen molar-refractivity contribution in [3.05, 3.63) is 101 Å². The molecule has 3 aromatic rings. The molecule has 0 aromatic heterocycles. The predicted molar refractivity (Wildman–Crippen MR) is 105 cm³/mol. The molecule has 0 aliphatic carbocycles. The fourth-order valence-electron chi connectivity index (χ4n) is 2.83. The lowest BCUT2D eigenvalue weighted by molar-refractivity contribution is 0.0942. The summed E-state index contributed by atoms with van der Waals surface area (Å²) in [4.78, 5) is 12.3. The molecule has 0 aliphatic rings. The van der Waals surface area contributed by atoms with Crippen LogP contribution in [0, 0.1) is 5.82 Å². The Bertz CT molecular complexity index is 1030. The lowest BCUT2D eigenvalue weighted by Crippen LogP contribution is -2.30. The van der Waals surface area contributed by atoms with Crippen molar-refractivity contribution in [3.63, 3.8) is 0 Å². The number of hydrogen-bond donors (Lipinski definition) is 2. The van der Waals surface area contributed by atoms with Crippen LogP contribution in [-0.4, -0.2) is 21.4 Å². The van der Waals surface area contributed by atoms with E-state index in [1.807, 2.05) is 60.7 Å². The van der Waals surface area contributed by atoms with Crippen molar-refractivity contribution in [3.8, 4) is 0 Å². The minimum Gasteiger partial charge on any atom is -0.341 e. The summed E-state index contributed by atoms with van der Waals surface area (Å²) in [5.41, 5.74) is 1.78. The molecule has 0 aliphatic heterocycles. The maximum Gasteiger partial charge on any atom is 0.252 e. The summed E-state index contributed by atoms with van der Waals surface area (Å²) in [6.07, 6.45) is 0. The lowest BCUT2D eigenvalue weighted by Gasteiger charge is -2.20. The Morgan fingerprint density at radius 3 is 1.93 bits per heavy atom. The van der Waals surface area contributed by atoms with Crippen LogP contribution in [0.25, 0.3) is 0 Å². The first-order valence-electron chi connectivity index (χ1n) is 8.56. The Morgan fingerprint density at radius 1 is 0.893 bits per heavy atom. The van der Waals surface area contributed by atoms with Gasteiger partial charge in [-0.3, -0.25) is 4.79 Å². The number of amides is 1. The van der Waals surface area contributed by atoms with E-state index in [0.717, 1.165) is 23.3 Å². The molecule has 0 radical (unpaired) electrons. The van der Waals surface area contributed by atoms with Crippen LogP contribution in [0.2, 0.25) is 0 Å². The Balaban J connectivity index is 1.96. The van der Waals surface area contributed by atoms with E-state index in [9.17, 15) is 17.6 Å². The third kappa shape index (κ3) is 4.27. The van der Waals surface area contributed by atoms with E-state index in [4.69, 9.17) is 0 Å². The smallest absolute Gasteiger partial charge is 0.252 e. The van der Waals surface area contributed by atoms with Crippen molar-refractivity contribution >= 4 is 15.9 Å². The molecule has 5 nitrogen and oxygen atoms in total. The second-order valence-corrected chi connectivity index (χ2v) is 7.94. The predicted octanol–water partition coefficient (Wildman–Crippen LogP) is 3.25. The lowest BCUT2D eigenvalue weighted by atomic mass is 9.98. The zero-order valence-electron chi connectivity index (χ0n) is 15.1. The van der Waals surface area contributed by atoms with Crippen molar-refractivity contribution in [1.82, 2.24) is 10.0 Å². The van der Waals surface area contributed by atoms with Gasteiger partial charge in [-0.25, -0.2) is 17.5 Å². The highest BCUT2D eigenvalue weighted by Crippen LogP contribution is 2.23. The molecule has 3 rings (SSSR count). The summed E-state index contributed by atoms with van der Waals surface area (Å²) in [7, 11) is -2.84. The standard InChI is InChI=1S/C21H19FN2O3S/c1-23-28(26,27)19-14-17(12-13-18(19)22)21(25)24-20(15-8-4-2-5-9-15)16-10-6-3-7-11-16/h2-14,20,23H,1H3,(H,24,25). The normalized spacial score (nSPS) is 11.4.